The molecule has 0 bridgehead atoms. The van der Waals surface area contributed by atoms with Crippen LogP contribution >= 0.6 is 30.3 Å². The molecule has 0 aliphatic carbocycles. The number of benzene rings is 1. The molecule has 0 saturated carbocycles. The van der Waals surface area contributed by atoms with E-state index >= 15 is 0 Å². The molecule has 2 aromatic rings. The van der Waals surface area contributed by atoms with Crippen LogP contribution in [0.2, 0.25) is 10.3 Å². The van der Waals surface area contributed by atoms with Gasteiger partial charge in [0.05, 0.1) is 11.9 Å². The van der Waals surface area contributed by atoms with Crippen LogP contribution in [0.4, 0.5) is 11.5 Å². The van der Waals surface area contributed by atoms with Crippen LogP contribution in [0.25, 0.3) is 0 Å². The molecule has 0 radical (unpaired) electrons. The quantitative estimate of drug-likeness (QED) is 0.680. The summed E-state index contributed by atoms with van der Waals surface area (Å²) in [6.45, 7) is 5.40. The molecule has 0 atom stereocenters. The van der Waals surface area contributed by atoms with E-state index < -0.39 is 7.14 Å². The van der Waals surface area contributed by atoms with E-state index in [1.165, 1.54) is 6.20 Å². The largest absolute Gasteiger partial charge is 0.338 e. The van der Waals surface area contributed by atoms with Crippen LogP contribution in [0.3, 0.4) is 0 Å². The van der Waals surface area contributed by atoms with Crippen LogP contribution < -0.4 is 10.6 Å². The summed E-state index contributed by atoms with van der Waals surface area (Å²) in [5.41, 5.74) is 1.75. The second-order valence-electron chi connectivity index (χ2n) is 4.83. The van der Waals surface area contributed by atoms with Crippen LogP contribution in [0, 0.1) is 6.92 Å². The molecular formula is C13H14Cl2N3OP. The maximum absolute atomic E-state index is 12.4. The normalized spacial score (nSPS) is 11.4. The van der Waals surface area contributed by atoms with Crippen LogP contribution in [0.15, 0.2) is 24.4 Å². The van der Waals surface area contributed by atoms with Crippen molar-refractivity contribution in [3.8, 4) is 0 Å². The van der Waals surface area contributed by atoms with Crippen molar-refractivity contribution in [2.75, 3.05) is 18.6 Å². The van der Waals surface area contributed by atoms with E-state index in [2.05, 4.69) is 15.3 Å². The Balaban J connectivity index is 2.49. The van der Waals surface area contributed by atoms with Crippen molar-refractivity contribution in [3.63, 3.8) is 0 Å². The molecule has 20 heavy (non-hydrogen) atoms. The molecule has 1 heterocycles. The Morgan fingerprint density at radius 3 is 2.60 bits per heavy atom. The highest BCUT2D eigenvalue weighted by atomic mass is 35.5. The predicted octanol–water partition coefficient (Wildman–Crippen LogP) is 4.08. The number of nitrogens with one attached hydrogen (secondary N) is 1. The lowest BCUT2D eigenvalue weighted by atomic mass is 10.2. The first-order chi connectivity index (χ1) is 9.27. The van der Waals surface area contributed by atoms with E-state index in [0.717, 1.165) is 10.9 Å². The Kier molecular flexibility index (Phi) is 4.38. The number of anilines is 2. The van der Waals surface area contributed by atoms with Crippen LogP contribution in [0.5, 0.6) is 0 Å². The topological polar surface area (TPSA) is 54.9 Å². The van der Waals surface area contributed by atoms with Gasteiger partial charge in [-0.3, -0.25) is 0 Å². The lowest BCUT2D eigenvalue weighted by Gasteiger charge is -2.16. The number of halogens is 2. The van der Waals surface area contributed by atoms with E-state index in [4.69, 9.17) is 23.2 Å². The van der Waals surface area contributed by atoms with Gasteiger partial charge in [0.2, 0.25) is 5.28 Å². The smallest absolute Gasteiger partial charge is 0.224 e. The average molecular weight is 330 g/mol. The summed E-state index contributed by atoms with van der Waals surface area (Å²) >= 11 is 11.8. The minimum Gasteiger partial charge on any atom is -0.338 e. The summed E-state index contributed by atoms with van der Waals surface area (Å²) in [5, 5.41) is 4.28. The standard InChI is InChI=1S/C13H14Cl2N3OP/c1-8-4-5-10(11(6-8)20(2,3)19)17-12-9(14)7-16-13(15)18-12/h4-7H,1-3H3,(H,16,17,18). The molecule has 106 valence electrons. The van der Waals surface area contributed by atoms with Crippen molar-refractivity contribution in [2.24, 2.45) is 0 Å². The van der Waals surface area contributed by atoms with Gasteiger partial charge in [0, 0.05) is 5.30 Å². The van der Waals surface area contributed by atoms with Gasteiger partial charge in [0.1, 0.15) is 12.2 Å². The first-order valence-corrected chi connectivity index (χ1v) is 9.24. The molecule has 0 unspecified atom stereocenters. The van der Waals surface area contributed by atoms with Gasteiger partial charge in [0.25, 0.3) is 0 Å². The fourth-order valence-electron chi connectivity index (χ4n) is 1.75. The minimum absolute atomic E-state index is 0.0988. The summed E-state index contributed by atoms with van der Waals surface area (Å²) in [6.07, 6.45) is 1.42. The second-order valence-corrected chi connectivity index (χ2v) is 8.76. The van der Waals surface area contributed by atoms with Gasteiger partial charge >= 0.3 is 0 Å². The van der Waals surface area contributed by atoms with Crippen LogP contribution in [-0.4, -0.2) is 23.3 Å². The Labute approximate surface area is 127 Å². The third-order valence-electron chi connectivity index (χ3n) is 2.70. The lowest BCUT2D eigenvalue weighted by Crippen LogP contribution is -2.11. The molecule has 2 rings (SSSR count). The number of hydrogen-bond acceptors (Lipinski definition) is 4. The summed E-state index contributed by atoms with van der Waals surface area (Å²) in [7, 11) is -2.43. The van der Waals surface area contributed by atoms with Crippen molar-refractivity contribution in [3.05, 3.63) is 40.3 Å². The molecular weight excluding hydrogens is 316 g/mol. The molecule has 0 spiro atoms. The Morgan fingerprint density at radius 2 is 1.95 bits per heavy atom. The van der Waals surface area contributed by atoms with Gasteiger partial charge in [0.15, 0.2) is 5.82 Å². The zero-order valence-electron chi connectivity index (χ0n) is 11.3. The number of hydrogen-bond donors (Lipinski definition) is 1. The number of aryl methyl sites for hydroxylation is 1. The second kappa shape index (κ2) is 5.72. The maximum atomic E-state index is 12.4. The number of rotatable bonds is 3. The van der Waals surface area contributed by atoms with Gasteiger partial charge < -0.3 is 9.88 Å². The Hall–Kier alpha value is -1.09. The van der Waals surface area contributed by atoms with Gasteiger partial charge in [-0.05, 0) is 44.0 Å². The van der Waals surface area contributed by atoms with E-state index in [1.54, 1.807) is 13.3 Å². The van der Waals surface area contributed by atoms with Crippen molar-refractivity contribution < 1.29 is 4.57 Å². The summed E-state index contributed by atoms with van der Waals surface area (Å²) in [6, 6.07) is 5.69. The van der Waals surface area contributed by atoms with Crippen molar-refractivity contribution in [1.29, 1.82) is 0 Å². The molecule has 4 nitrogen and oxygen atoms in total. The summed E-state index contributed by atoms with van der Waals surface area (Å²) in [5.74, 6) is 0.394. The molecule has 0 aliphatic rings. The molecule has 0 aliphatic heterocycles. The monoisotopic (exact) mass is 329 g/mol. The SMILES string of the molecule is Cc1ccc(Nc2nc(Cl)ncc2Cl)c(P(C)(C)=O)c1. The van der Waals surface area contributed by atoms with E-state index in [0.29, 0.717) is 16.5 Å². The third kappa shape index (κ3) is 3.51. The van der Waals surface area contributed by atoms with Crippen LogP contribution in [-0.2, 0) is 4.57 Å². The third-order valence-corrected chi connectivity index (χ3v) is 4.69. The molecule has 7 heteroatoms. The number of nitrogens with zero attached hydrogens (tertiary/aromatic N) is 2. The summed E-state index contributed by atoms with van der Waals surface area (Å²) in [4.78, 5) is 7.83. The fraction of sp³-hybridized carbons (Fsp3) is 0.231. The Bertz CT molecular complexity index is 700. The van der Waals surface area contributed by atoms with E-state index in [9.17, 15) is 4.57 Å². The lowest BCUT2D eigenvalue weighted by molar-refractivity contribution is 0.588. The zero-order chi connectivity index (χ0) is 14.9. The average Bonchev–Trinajstić information content (AvgIpc) is 2.34. The highest BCUT2D eigenvalue weighted by Gasteiger charge is 2.17. The van der Waals surface area contributed by atoms with E-state index in [1.807, 2.05) is 25.1 Å². The van der Waals surface area contributed by atoms with Gasteiger partial charge in [-0.1, -0.05) is 23.2 Å². The molecule has 1 aromatic heterocycles. The van der Waals surface area contributed by atoms with E-state index in [-0.39, 0.29) is 5.28 Å². The first kappa shape index (κ1) is 15.3. The van der Waals surface area contributed by atoms with Gasteiger partial charge in [-0.2, -0.15) is 4.98 Å². The van der Waals surface area contributed by atoms with Crippen molar-refractivity contribution in [2.45, 2.75) is 6.92 Å². The van der Waals surface area contributed by atoms with Gasteiger partial charge in [-0.25, -0.2) is 4.98 Å². The molecule has 0 amide bonds. The first-order valence-electron chi connectivity index (χ1n) is 5.88. The predicted molar refractivity (Wildman–Crippen MR) is 85.6 cm³/mol. The van der Waals surface area contributed by atoms with Crippen molar-refractivity contribution in [1.82, 2.24) is 9.97 Å². The van der Waals surface area contributed by atoms with Gasteiger partial charge in [-0.15, -0.1) is 0 Å². The molecule has 1 N–H and O–H groups in total. The minimum atomic E-state index is -2.43. The maximum Gasteiger partial charge on any atom is 0.224 e. The molecule has 1 aromatic carbocycles. The Morgan fingerprint density at radius 1 is 1.25 bits per heavy atom. The highest BCUT2D eigenvalue weighted by molar-refractivity contribution is 7.70. The molecule has 0 saturated heterocycles. The zero-order valence-corrected chi connectivity index (χ0v) is 13.7. The van der Waals surface area contributed by atoms with Crippen molar-refractivity contribution >= 4 is 47.2 Å². The fourth-order valence-corrected chi connectivity index (χ4v) is 3.25. The molecule has 0 fully saturated rings. The summed E-state index contributed by atoms with van der Waals surface area (Å²) < 4.78 is 12.4. The number of aromatic nitrogens is 2. The highest BCUT2D eigenvalue weighted by Crippen LogP contribution is 2.39. The van der Waals surface area contributed by atoms with Crippen LogP contribution in [0.1, 0.15) is 5.56 Å².